The van der Waals surface area contributed by atoms with Gasteiger partial charge in [0.1, 0.15) is 0 Å². The lowest BCUT2D eigenvalue weighted by Crippen LogP contribution is -2.39. The smallest absolute Gasteiger partial charge is 0.251 e. The highest BCUT2D eigenvalue weighted by Crippen LogP contribution is 2.06. The van der Waals surface area contributed by atoms with Crippen molar-refractivity contribution in [2.75, 3.05) is 19.6 Å². The second kappa shape index (κ2) is 9.82. The lowest BCUT2D eigenvalue weighted by Gasteiger charge is -2.13. The summed E-state index contributed by atoms with van der Waals surface area (Å²) in [4.78, 5) is 16.3. The van der Waals surface area contributed by atoms with Gasteiger partial charge in [-0.25, -0.2) is 4.99 Å². The molecular weight excluding hydrogens is 276 g/mol. The van der Waals surface area contributed by atoms with Crippen LogP contribution in [0.1, 0.15) is 43.6 Å². The molecule has 1 rings (SSSR count). The summed E-state index contributed by atoms with van der Waals surface area (Å²) in [7, 11) is 0. The Morgan fingerprint density at radius 2 is 1.68 bits per heavy atom. The van der Waals surface area contributed by atoms with Crippen molar-refractivity contribution in [2.45, 2.75) is 34.2 Å². The zero-order valence-corrected chi connectivity index (χ0v) is 14.1. The van der Waals surface area contributed by atoms with Gasteiger partial charge in [0, 0.05) is 25.2 Å². The van der Waals surface area contributed by atoms with Crippen LogP contribution in [0.2, 0.25) is 0 Å². The number of benzene rings is 1. The standard InChI is InChI=1S/C17H28N4O/c1-5-18-16(22)15-9-7-14(8-10-15)12-21-17(19-6-2)20-11-13(3)4/h7-10,13H,5-6,11-12H2,1-4H3,(H,18,22)(H2,19,20,21). The Bertz CT molecular complexity index is 480. The van der Waals surface area contributed by atoms with Crippen molar-refractivity contribution >= 4 is 11.9 Å². The summed E-state index contributed by atoms with van der Waals surface area (Å²) in [6.07, 6.45) is 0. The third kappa shape index (κ3) is 6.61. The molecule has 5 nitrogen and oxygen atoms in total. The van der Waals surface area contributed by atoms with Crippen LogP contribution < -0.4 is 16.0 Å². The SMILES string of the molecule is CCNC(=O)c1ccc(CN=C(NCC)NCC(C)C)cc1. The van der Waals surface area contributed by atoms with Crippen molar-refractivity contribution in [3.63, 3.8) is 0 Å². The maximum Gasteiger partial charge on any atom is 0.251 e. The van der Waals surface area contributed by atoms with Gasteiger partial charge in [-0.05, 0) is 37.5 Å². The molecule has 0 saturated heterocycles. The first-order valence-electron chi connectivity index (χ1n) is 7.96. The summed E-state index contributed by atoms with van der Waals surface area (Å²) in [6, 6.07) is 7.56. The molecule has 0 bridgehead atoms. The van der Waals surface area contributed by atoms with Crippen LogP contribution in [0.25, 0.3) is 0 Å². The molecule has 22 heavy (non-hydrogen) atoms. The Labute approximate surface area is 133 Å². The van der Waals surface area contributed by atoms with Crippen molar-refractivity contribution in [3.05, 3.63) is 35.4 Å². The fraction of sp³-hybridized carbons (Fsp3) is 0.529. The van der Waals surface area contributed by atoms with E-state index in [4.69, 9.17) is 0 Å². The van der Waals surface area contributed by atoms with E-state index >= 15 is 0 Å². The molecule has 0 radical (unpaired) electrons. The zero-order chi connectivity index (χ0) is 16.4. The number of aliphatic imine (C=N–C) groups is 1. The highest BCUT2D eigenvalue weighted by molar-refractivity contribution is 5.94. The summed E-state index contributed by atoms with van der Waals surface area (Å²) < 4.78 is 0. The van der Waals surface area contributed by atoms with E-state index in [0.717, 1.165) is 24.6 Å². The summed E-state index contributed by atoms with van der Waals surface area (Å²) >= 11 is 0. The fourth-order valence-corrected chi connectivity index (χ4v) is 1.84. The Hall–Kier alpha value is -2.04. The van der Waals surface area contributed by atoms with Crippen LogP contribution in [-0.4, -0.2) is 31.5 Å². The van der Waals surface area contributed by atoms with Crippen LogP contribution in [0.5, 0.6) is 0 Å². The van der Waals surface area contributed by atoms with Gasteiger partial charge in [0.15, 0.2) is 5.96 Å². The molecule has 0 spiro atoms. The van der Waals surface area contributed by atoms with Crippen LogP contribution in [-0.2, 0) is 6.54 Å². The molecule has 122 valence electrons. The third-order valence-electron chi connectivity index (χ3n) is 3.00. The van der Waals surface area contributed by atoms with Crippen LogP contribution >= 0.6 is 0 Å². The topological polar surface area (TPSA) is 65.5 Å². The second-order valence-electron chi connectivity index (χ2n) is 5.53. The Morgan fingerprint density at radius 3 is 2.23 bits per heavy atom. The maximum atomic E-state index is 11.7. The van der Waals surface area contributed by atoms with E-state index in [2.05, 4.69) is 34.8 Å². The fourth-order valence-electron chi connectivity index (χ4n) is 1.84. The first kappa shape index (κ1) is 18.0. The van der Waals surface area contributed by atoms with Gasteiger partial charge in [0.2, 0.25) is 0 Å². The minimum atomic E-state index is -0.0375. The molecule has 0 aromatic heterocycles. The summed E-state index contributed by atoms with van der Waals surface area (Å²) in [5.74, 6) is 1.36. The molecule has 0 aliphatic rings. The van der Waals surface area contributed by atoms with E-state index in [1.807, 2.05) is 38.1 Å². The van der Waals surface area contributed by atoms with E-state index in [9.17, 15) is 4.79 Å². The predicted molar refractivity (Wildman–Crippen MR) is 92.1 cm³/mol. The van der Waals surface area contributed by atoms with Crippen LogP contribution in [0.15, 0.2) is 29.3 Å². The number of amides is 1. The van der Waals surface area contributed by atoms with Gasteiger partial charge in [-0.15, -0.1) is 0 Å². The first-order chi connectivity index (χ1) is 10.6. The number of carbonyl (C=O) groups is 1. The molecule has 1 amide bonds. The molecule has 5 heteroatoms. The summed E-state index contributed by atoms with van der Waals surface area (Å²) in [6.45, 7) is 11.2. The van der Waals surface area contributed by atoms with Gasteiger partial charge >= 0.3 is 0 Å². The van der Waals surface area contributed by atoms with E-state index < -0.39 is 0 Å². The van der Waals surface area contributed by atoms with E-state index in [-0.39, 0.29) is 5.91 Å². The number of hydrogen-bond donors (Lipinski definition) is 3. The van der Waals surface area contributed by atoms with E-state index in [1.54, 1.807) is 0 Å². The third-order valence-corrected chi connectivity index (χ3v) is 3.00. The number of nitrogens with zero attached hydrogens (tertiary/aromatic N) is 1. The van der Waals surface area contributed by atoms with Crippen LogP contribution in [0.4, 0.5) is 0 Å². The number of carbonyl (C=O) groups excluding carboxylic acids is 1. The van der Waals surface area contributed by atoms with E-state index in [0.29, 0.717) is 24.6 Å². The van der Waals surface area contributed by atoms with Gasteiger partial charge < -0.3 is 16.0 Å². The second-order valence-corrected chi connectivity index (χ2v) is 5.53. The maximum absolute atomic E-state index is 11.7. The van der Waals surface area contributed by atoms with Gasteiger partial charge in [-0.1, -0.05) is 26.0 Å². The van der Waals surface area contributed by atoms with Gasteiger partial charge in [-0.2, -0.15) is 0 Å². The monoisotopic (exact) mass is 304 g/mol. The zero-order valence-electron chi connectivity index (χ0n) is 14.1. The summed E-state index contributed by atoms with van der Waals surface area (Å²) in [5.41, 5.74) is 1.76. The van der Waals surface area contributed by atoms with Gasteiger partial charge in [0.25, 0.3) is 5.91 Å². The predicted octanol–water partition coefficient (Wildman–Crippen LogP) is 2.15. The lowest BCUT2D eigenvalue weighted by molar-refractivity contribution is 0.0956. The number of rotatable bonds is 7. The Morgan fingerprint density at radius 1 is 1.05 bits per heavy atom. The Balaban J connectivity index is 2.63. The van der Waals surface area contributed by atoms with Crippen LogP contribution in [0.3, 0.4) is 0 Å². The minimum Gasteiger partial charge on any atom is -0.357 e. The highest BCUT2D eigenvalue weighted by atomic mass is 16.1. The lowest BCUT2D eigenvalue weighted by atomic mass is 10.1. The molecule has 0 heterocycles. The van der Waals surface area contributed by atoms with Crippen LogP contribution in [0, 0.1) is 5.92 Å². The minimum absolute atomic E-state index is 0.0375. The summed E-state index contributed by atoms with van der Waals surface area (Å²) in [5, 5.41) is 9.33. The first-order valence-corrected chi connectivity index (χ1v) is 7.96. The van der Waals surface area contributed by atoms with Gasteiger partial charge in [0.05, 0.1) is 6.54 Å². The number of nitrogens with one attached hydrogen (secondary N) is 3. The molecule has 1 aromatic rings. The molecular formula is C17H28N4O. The molecule has 3 N–H and O–H groups in total. The van der Waals surface area contributed by atoms with Crippen molar-refractivity contribution in [3.8, 4) is 0 Å². The molecule has 0 saturated carbocycles. The molecule has 0 aliphatic carbocycles. The molecule has 1 aromatic carbocycles. The molecule has 0 aliphatic heterocycles. The van der Waals surface area contributed by atoms with Crippen molar-refractivity contribution in [1.29, 1.82) is 0 Å². The molecule has 0 fully saturated rings. The number of guanidine groups is 1. The van der Waals surface area contributed by atoms with Crippen molar-refractivity contribution in [2.24, 2.45) is 10.9 Å². The molecule has 0 unspecified atom stereocenters. The average Bonchev–Trinajstić information content (AvgIpc) is 2.50. The van der Waals surface area contributed by atoms with Gasteiger partial charge in [-0.3, -0.25) is 4.79 Å². The van der Waals surface area contributed by atoms with Crippen molar-refractivity contribution in [1.82, 2.24) is 16.0 Å². The highest BCUT2D eigenvalue weighted by Gasteiger charge is 2.04. The largest absolute Gasteiger partial charge is 0.357 e. The Kier molecular flexibility index (Phi) is 8.04. The number of hydrogen-bond acceptors (Lipinski definition) is 2. The van der Waals surface area contributed by atoms with Crippen molar-refractivity contribution < 1.29 is 4.79 Å². The average molecular weight is 304 g/mol. The normalized spacial score (nSPS) is 11.4. The molecule has 0 atom stereocenters. The van der Waals surface area contributed by atoms with E-state index in [1.165, 1.54) is 0 Å². The quantitative estimate of drug-likeness (QED) is 0.534.